The van der Waals surface area contributed by atoms with E-state index in [0.29, 0.717) is 28.1 Å². The van der Waals surface area contributed by atoms with Crippen LogP contribution in [-0.2, 0) is 6.42 Å². The molecule has 3 aromatic carbocycles. The molecule has 3 amide bonds. The Labute approximate surface area is 214 Å². The monoisotopic (exact) mass is 490 g/mol. The van der Waals surface area contributed by atoms with Crippen LogP contribution in [-0.4, -0.2) is 22.7 Å². The Morgan fingerprint density at radius 3 is 2.49 bits per heavy atom. The molecular formula is C30H26N4O3. The van der Waals surface area contributed by atoms with Gasteiger partial charge in [0.1, 0.15) is 0 Å². The summed E-state index contributed by atoms with van der Waals surface area (Å²) in [6, 6.07) is 25.0. The summed E-state index contributed by atoms with van der Waals surface area (Å²) in [6.45, 7) is 0. The number of amides is 3. The average Bonchev–Trinajstić information content (AvgIpc) is 2.93. The van der Waals surface area contributed by atoms with Gasteiger partial charge in [-0.15, -0.1) is 0 Å². The lowest BCUT2D eigenvalue weighted by Gasteiger charge is -2.26. The standard InChI is InChI=1S/C30H26N4O3/c31-28(35)20-10-5-11-21(18-20)29(36)33-26-15-4-3-13-23(26)27-24(14-7-17-32-27)30(37)34-25-16-6-9-19-8-1-2-12-22(19)25/h1-5,7-8,10-15,17-18,25H,6,9,16H2,(H2,31,35)(H,33,36)(H,34,37). The number of fused-ring (bicyclic) bond motifs is 1. The van der Waals surface area contributed by atoms with E-state index in [0.717, 1.165) is 24.8 Å². The van der Waals surface area contributed by atoms with Crippen LogP contribution >= 0.6 is 0 Å². The van der Waals surface area contributed by atoms with E-state index in [2.05, 4.69) is 27.8 Å². The van der Waals surface area contributed by atoms with Crippen LogP contribution in [0.5, 0.6) is 0 Å². The Bertz CT molecular complexity index is 1500. The van der Waals surface area contributed by atoms with Gasteiger partial charge in [0.25, 0.3) is 11.8 Å². The number of primary amides is 1. The summed E-state index contributed by atoms with van der Waals surface area (Å²) in [5.74, 6) is -1.24. The number of carbonyl (C=O) groups excluding carboxylic acids is 3. The minimum atomic E-state index is -0.611. The molecule has 1 atom stereocenters. The van der Waals surface area contributed by atoms with E-state index in [4.69, 9.17) is 5.73 Å². The van der Waals surface area contributed by atoms with Crippen LogP contribution in [0.25, 0.3) is 11.3 Å². The second-order valence-electron chi connectivity index (χ2n) is 8.96. The molecule has 37 heavy (non-hydrogen) atoms. The summed E-state index contributed by atoms with van der Waals surface area (Å²) < 4.78 is 0. The van der Waals surface area contributed by atoms with Crippen molar-refractivity contribution in [1.82, 2.24) is 10.3 Å². The number of anilines is 1. The number of aryl methyl sites for hydroxylation is 1. The summed E-state index contributed by atoms with van der Waals surface area (Å²) in [7, 11) is 0. The highest BCUT2D eigenvalue weighted by Gasteiger charge is 2.24. The number of hydrogen-bond donors (Lipinski definition) is 3. The first-order chi connectivity index (χ1) is 18.0. The number of rotatable bonds is 6. The van der Waals surface area contributed by atoms with E-state index in [1.165, 1.54) is 11.6 Å². The van der Waals surface area contributed by atoms with Gasteiger partial charge in [-0.25, -0.2) is 0 Å². The topological polar surface area (TPSA) is 114 Å². The Morgan fingerprint density at radius 2 is 1.62 bits per heavy atom. The van der Waals surface area contributed by atoms with E-state index in [1.807, 2.05) is 24.3 Å². The summed E-state index contributed by atoms with van der Waals surface area (Å²) >= 11 is 0. The summed E-state index contributed by atoms with van der Waals surface area (Å²) in [6.07, 6.45) is 4.51. The van der Waals surface area contributed by atoms with Crippen molar-refractivity contribution in [3.63, 3.8) is 0 Å². The lowest BCUT2D eigenvalue weighted by atomic mass is 9.87. The Kier molecular flexibility index (Phi) is 6.76. The van der Waals surface area contributed by atoms with Crippen molar-refractivity contribution in [1.29, 1.82) is 0 Å². The highest BCUT2D eigenvalue weighted by Crippen LogP contribution is 2.32. The van der Waals surface area contributed by atoms with Gasteiger partial charge in [0.05, 0.1) is 23.0 Å². The maximum Gasteiger partial charge on any atom is 0.255 e. The fourth-order valence-electron chi connectivity index (χ4n) is 4.75. The Balaban J connectivity index is 1.43. The van der Waals surface area contributed by atoms with Crippen LogP contribution in [0.4, 0.5) is 5.69 Å². The molecule has 0 fully saturated rings. The van der Waals surface area contributed by atoms with Crippen LogP contribution in [0.15, 0.2) is 91.1 Å². The van der Waals surface area contributed by atoms with Gasteiger partial charge in [0.15, 0.2) is 0 Å². The maximum atomic E-state index is 13.5. The number of aromatic nitrogens is 1. The molecule has 4 aromatic rings. The molecule has 4 N–H and O–H groups in total. The second-order valence-corrected chi connectivity index (χ2v) is 8.96. The lowest BCUT2D eigenvalue weighted by molar-refractivity contribution is 0.0931. The summed E-state index contributed by atoms with van der Waals surface area (Å²) in [5, 5.41) is 6.08. The Morgan fingerprint density at radius 1 is 0.838 bits per heavy atom. The van der Waals surface area contributed by atoms with Gasteiger partial charge < -0.3 is 16.4 Å². The van der Waals surface area contributed by atoms with Crippen molar-refractivity contribution >= 4 is 23.4 Å². The molecule has 5 rings (SSSR count). The number of nitrogens with two attached hydrogens (primary N) is 1. The Hall–Kier alpha value is -4.78. The van der Waals surface area contributed by atoms with Gasteiger partial charge in [-0.05, 0) is 66.8 Å². The molecular weight excluding hydrogens is 464 g/mol. The smallest absolute Gasteiger partial charge is 0.255 e. The van der Waals surface area contributed by atoms with Crippen LogP contribution in [0.3, 0.4) is 0 Å². The molecule has 0 radical (unpaired) electrons. The third-order valence-electron chi connectivity index (χ3n) is 6.57. The predicted molar refractivity (Wildman–Crippen MR) is 142 cm³/mol. The molecule has 0 spiro atoms. The van der Waals surface area contributed by atoms with E-state index < -0.39 is 11.8 Å². The first kappa shape index (κ1) is 23.9. The molecule has 0 saturated heterocycles. The van der Waals surface area contributed by atoms with E-state index in [-0.39, 0.29) is 17.5 Å². The van der Waals surface area contributed by atoms with Crippen molar-refractivity contribution in [3.05, 3.63) is 119 Å². The third kappa shape index (κ3) is 5.11. The van der Waals surface area contributed by atoms with Gasteiger partial charge in [0, 0.05) is 22.9 Å². The fourth-order valence-corrected chi connectivity index (χ4v) is 4.75. The number of hydrogen-bond acceptors (Lipinski definition) is 4. The minimum Gasteiger partial charge on any atom is -0.366 e. The third-order valence-corrected chi connectivity index (χ3v) is 6.57. The molecule has 1 aliphatic rings. The number of carbonyl (C=O) groups is 3. The van der Waals surface area contributed by atoms with E-state index >= 15 is 0 Å². The first-order valence-corrected chi connectivity index (χ1v) is 12.2. The van der Waals surface area contributed by atoms with Crippen molar-refractivity contribution < 1.29 is 14.4 Å². The van der Waals surface area contributed by atoms with Gasteiger partial charge in [-0.3, -0.25) is 19.4 Å². The number of nitrogens with one attached hydrogen (secondary N) is 2. The zero-order valence-corrected chi connectivity index (χ0v) is 20.1. The predicted octanol–water partition coefficient (Wildman–Crippen LogP) is 4.91. The van der Waals surface area contributed by atoms with Crippen LogP contribution in [0, 0.1) is 0 Å². The number of benzene rings is 3. The number of pyridine rings is 1. The number of nitrogens with zero attached hydrogens (tertiary/aromatic N) is 1. The quantitative estimate of drug-likeness (QED) is 0.356. The lowest BCUT2D eigenvalue weighted by Crippen LogP contribution is -2.31. The minimum absolute atomic E-state index is 0.0713. The molecule has 0 bridgehead atoms. The van der Waals surface area contributed by atoms with Crippen molar-refractivity contribution in [2.75, 3.05) is 5.32 Å². The molecule has 0 saturated carbocycles. The van der Waals surface area contributed by atoms with Gasteiger partial charge in [-0.1, -0.05) is 48.5 Å². The summed E-state index contributed by atoms with van der Waals surface area (Å²) in [5.41, 5.74) is 10.3. The highest BCUT2D eigenvalue weighted by atomic mass is 16.2. The molecule has 1 aliphatic carbocycles. The van der Waals surface area contributed by atoms with E-state index in [1.54, 1.807) is 48.7 Å². The van der Waals surface area contributed by atoms with Gasteiger partial charge in [-0.2, -0.15) is 0 Å². The van der Waals surface area contributed by atoms with Gasteiger partial charge in [0.2, 0.25) is 5.91 Å². The molecule has 184 valence electrons. The molecule has 7 nitrogen and oxygen atoms in total. The fraction of sp³-hybridized carbons (Fsp3) is 0.133. The zero-order valence-electron chi connectivity index (χ0n) is 20.1. The maximum absolute atomic E-state index is 13.5. The SMILES string of the molecule is NC(=O)c1cccc(C(=O)Nc2ccccc2-c2ncccc2C(=O)NC2CCCc3ccccc32)c1. The number of para-hydroxylation sites is 1. The molecule has 7 heteroatoms. The molecule has 0 aliphatic heterocycles. The van der Waals surface area contributed by atoms with Crippen molar-refractivity contribution in [2.24, 2.45) is 5.73 Å². The molecule has 1 aromatic heterocycles. The average molecular weight is 491 g/mol. The normalized spacial score (nSPS) is 14.3. The highest BCUT2D eigenvalue weighted by molar-refractivity contribution is 6.08. The van der Waals surface area contributed by atoms with E-state index in [9.17, 15) is 14.4 Å². The first-order valence-electron chi connectivity index (χ1n) is 12.2. The van der Waals surface area contributed by atoms with Crippen molar-refractivity contribution in [2.45, 2.75) is 25.3 Å². The second kappa shape index (κ2) is 10.5. The van der Waals surface area contributed by atoms with Gasteiger partial charge >= 0.3 is 0 Å². The van der Waals surface area contributed by atoms with Crippen LogP contribution in [0.2, 0.25) is 0 Å². The zero-order chi connectivity index (χ0) is 25.8. The van der Waals surface area contributed by atoms with Crippen molar-refractivity contribution in [3.8, 4) is 11.3 Å². The summed E-state index contributed by atoms with van der Waals surface area (Å²) in [4.78, 5) is 42.5. The molecule has 1 unspecified atom stereocenters. The largest absolute Gasteiger partial charge is 0.366 e. The van der Waals surface area contributed by atoms with Crippen LogP contribution in [0.1, 0.15) is 61.1 Å². The molecule has 1 heterocycles. The van der Waals surface area contributed by atoms with Crippen LogP contribution < -0.4 is 16.4 Å².